The summed E-state index contributed by atoms with van der Waals surface area (Å²) in [6.45, 7) is -0.256. The SMILES string of the molecule is NC(=O)COc1ccc(NC(=O)c2ccc(SC(F)(F)F)cc2)cc1. The highest BCUT2D eigenvalue weighted by molar-refractivity contribution is 8.00. The maximum atomic E-state index is 12.3. The van der Waals surface area contributed by atoms with E-state index in [-0.39, 0.29) is 28.8 Å². The van der Waals surface area contributed by atoms with Crippen molar-refractivity contribution in [1.29, 1.82) is 0 Å². The first-order chi connectivity index (χ1) is 11.7. The number of nitrogens with one attached hydrogen (secondary N) is 1. The van der Waals surface area contributed by atoms with E-state index in [4.69, 9.17) is 10.5 Å². The highest BCUT2D eigenvalue weighted by Crippen LogP contribution is 2.36. The molecule has 25 heavy (non-hydrogen) atoms. The molecule has 3 N–H and O–H groups in total. The standard InChI is InChI=1S/C16H13F3N2O3S/c17-16(18,19)25-13-7-1-10(2-8-13)15(23)21-11-3-5-12(6-4-11)24-9-14(20)22/h1-8H,9H2,(H2,20,22)(H,21,23). The lowest BCUT2D eigenvalue weighted by molar-refractivity contribution is -0.119. The van der Waals surface area contributed by atoms with Gasteiger partial charge >= 0.3 is 5.51 Å². The maximum absolute atomic E-state index is 12.3. The second kappa shape index (κ2) is 7.93. The van der Waals surface area contributed by atoms with Crippen LogP contribution in [0.5, 0.6) is 5.75 Å². The third kappa shape index (κ3) is 6.38. The molecule has 0 saturated heterocycles. The Hall–Kier alpha value is -2.68. The van der Waals surface area contributed by atoms with Gasteiger partial charge < -0.3 is 15.8 Å². The fourth-order valence-electron chi connectivity index (χ4n) is 1.80. The molecule has 2 rings (SSSR count). The summed E-state index contributed by atoms with van der Waals surface area (Å²) < 4.78 is 41.9. The molecule has 0 fully saturated rings. The Kier molecular flexibility index (Phi) is 5.92. The van der Waals surface area contributed by atoms with Crippen LogP contribution in [-0.2, 0) is 4.79 Å². The Balaban J connectivity index is 1.96. The molecule has 0 unspecified atom stereocenters. The molecule has 0 aliphatic carbocycles. The van der Waals surface area contributed by atoms with Crippen molar-refractivity contribution in [1.82, 2.24) is 0 Å². The number of ether oxygens (including phenoxy) is 1. The van der Waals surface area contributed by atoms with Gasteiger partial charge in [-0.15, -0.1) is 0 Å². The number of hydrogen-bond acceptors (Lipinski definition) is 4. The van der Waals surface area contributed by atoms with E-state index in [1.165, 1.54) is 24.3 Å². The van der Waals surface area contributed by atoms with Crippen molar-refractivity contribution in [3.8, 4) is 5.75 Å². The minimum absolute atomic E-state index is 0.00000239. The first kappa shape index (κ1) is 18.7. The van der Waals surface area contributed by atoms with Crippen molar-refractivity contribution in [2.45, 2.75) is 10.4 Å². The summed E-state index contributed by atoms with van der Waals surface area (Å²) >= 11 is -0.245. The molecular formula is C16H13F3N2O3S. The largest absolute Gasteiger partial charge is 0.484 e. The van der Waals surface area contributed by atoms with Gasteiger partial charge in [-0.2, -0.15) is 13.2 Å². The fourth-order valence-corrected chi connectivity index (χ4v) is 2.34. The van der Waals surface area contributed by atoms with Gasteiger partial charge in [0.05, 0.1) is 0 Å². The first-order valence-electron chi connectivity index (χ1n) is 6.91. The van der Waals surface area contributed by atoms with Crippen molar-refractivity contribution in [3.63, 3.8) is 0 Å². The molecule has 0 heterocycles. The molecule has 5 nitrogen and oxygen atoms in total. The number of carbonyl (C=O) groups is 2. The van der Waals surface area contributed by atoms with Crippen LogP contribution in [0.15, 0.2) is 53.4 Å². The third-order valence-electron chi connectivity index (χ3n) is 2.84. The average molecular weight is 370 g/mol. The van der Waals surface area contributed by atoms with E-state index in [0.717, 1.165) is 0 Å². The number of anilines is 1. The monoisotopic (exact) mass is 370 g/mol. The van der Waals surface area contributed by atoms with Crippen molar-refractivity contribution >= 4 is 29.3 Å². The molecule has 0 atom stereocenters. The zero-order valence-corrected chi connectivity index (χ0v) is 13.5. The molecule has 0 aliphatic heterocycles. The second-order valence-corrected chi connectivity index (χ2v) is 5.94. The fraction of sp³-hybridized carbons (Fsp3) is 0.125. The van der Waals surface area contributed by atoms with Crippen LogP contribution in [0.1, 0.15) is 10.4 Å². The van der Waals surface area contributed by atoms with Crippen LogP contribution < -0.4 is 15.8 Å². The van der Waals surface area contributed by atoms with Gasteiger partial charge in [-0.3, -0.25) is 9.59 Å². The zero-order valence-electron chi connectivity index (χ0n) is 12.7. The van der Waals surface area contributed by atoms with Gasteiger partial charge in [-0.25, -0.2) is 0 Å². The summed E-state index contributed by atoms with van der Waals surface area (Å²) in [6, 6.07) is 11.3. The lowest BCUT2D eigenvalue weighted by Crippen LogP contribution is -2.20. The second-order valence-electron chi connectivity index (χ2n) is 4.81. The number of thioether (sulfide) groups is 1. The number of carbonyl (C=O) groups excluding carboxylic acids is 2. The summed E-state index contributed by atoms with van der Waals surface area (Å²) in [7, 11) is 0. The van der Waals surface area contributed by atoms with Crippen LogP contribution in [0.4, 0.5) is 18.9 Å². The molecule has 0 aliphatic rings. The van der Waals surface area contributed by atoms with Crippen LogP contribution in [0.2, 0.25) is 0 Å². The number of amides is 2. The van der Waals surface area contributed by atoms with Crippen molar-refractivity contribution in [2.75, 3.05) is 11.9 Å². The number of halogens is 3. The molecule has 9 heteroatoms. The van der Waals surface area contributed by atoms with Crippen LogP contribution in [-0.4, -0.2) is 23.9 Å². The van der Waals surface area contributed by atoms with Gasteiger partial charge in [0.25, 0.3) is 11.8 Å². The Morgan fingerprint density at radius 1 is 1.04 bits per heavy atom. The highest BCUT2D eigenvalue weighted by Gasteiger charge is 2.29. The van der Waals surface area contributed by atoms with Gasteiger partial charge in [0.15, 0.2) is 6.61 Å². The number of nitrogens with two attached hydrogens (primary N) is 1. The lowest BCUT2D eigenvalue weighted by Gasteiger charge is -2.08. The molecule has 2 aromatic carbocycles. The molecule has 132 valence electrons. The van der Waals surface area contributed by atoms with E-state index in [0.29, 0.717) is 11.4 Å². The number of hydrogen-bond donors (Lipinski definition) is 2. The number of benzene rings is 2. The van der Waals surface area contributed by atoms with Crippen molar-refractivity contribution < 1.29 is 27.5 Å². The summed E-state index contributed by atoms with van der Waals surface area (Å²) in [5, 5.41) is 2.60. The van der Waals surface area contributed by atoms with E-state index >= 15 is 0 Å². The zero-order chi connectivity index (χ0) is 18.4. The first-order valence-corrected chi connectivity index (χ1v) is 7.73. The van der Waals surface area contributed by atoms with E-state index in [2.05, 4.69) is 5.32 Å². The molecule has 0 saturated carbocycles. The number of alkyl halides is 3. The summed E-state index contributed by atoms with van der Waals surface area (Å²) in [5.41, 5.74) is 1.27. The predicted molar refractivity (Wildman–Crippen MR) is 87.4 cm³/mol. The van der Waals surface area contributed by atoms with Crippen LogP contribution in [0.25, 0.3) is 0 Å². The van der Waals surface area contributed by atoms with E-state index in [9.17, 15) is 22.8 Å². The van der Waals surface area contributed by atoms with E-state index in [1.807, 2.05) is 0 Å². The van der Waals surface area contributed by atoms with Crippen LogP contribution in [0, 0.1) is 0 Å². The molecule has 0 bridgehead atoms. The highest BCUT2D eigenvalue weighted by atomic mass is 32.2. The summed E-state index contributed by atoms with van der Waals surface area (Å²) in [6.07, 6.45) is 0. The minimum atomic E-state index is -4.37. The van der Waals surface area contributed by atoms with Gasteiger partial charge in [0, 0.05) is 16.1 Å². The van der Waals surface area contributed by atoms with E-state index in [1.54, 1.807) is 24.3 Å². The molecule has 2 aromatic rings. The van der Waals surface area contributed by atoms with Crippen LogP contribution >= 0.6 is 11.8 Å². The smallest absolute Gasteiger partial charge is 0.446 e. The Labute approximate surface area is 145 Å². The Morgan fingerprint density at radius 2 is 1.64 bits per heavy atom. The molecular weight excluding hydrogens is 357 g/mol. The predicted octanol–water partition coefficient (Wildman–Crippen LogP) is 3.41. The molecule has 0 spiro atoms. The van der Waals surface area contributed by atoms with Gasteiger partial charge in [-0.05, 0) is 60.3 Å². The maximum Gasteiger partial charge on any atom is 0.446 e. The van der Waals surface area contributed by atoms with Crippen molar-refractivity contribution in [3.05, 3.63) is 54.1 Å². The minimum Gasteiger partial charge on any atom is -0.484 e. The average Bonchev–Trinajstić information content (AvgIpc) is 2.53. The molecule has 0 aromatic heterocycles. The quantitative estimate of drug-likeness (QED) is 0.764. The van der Waals surface area contributed by atoms with Crippen LogP contribution in [0.3, 0.4) is 0 Å². The lowest BCUT2D eigenvalue weighted by atomic mass is 10.2. The van der Waals surface area contributed by atoms with Gasteiger partial charge in [-0.1, -0.05) is 0 Å². The summed E-state index contributed by atoms with van der Waals surface area (Å²) in [5.74, 6) is -0.663. The Bertz CT molecular complexity index is 747. The topological polar surface area (TPSA) is 81.4 Å². The van der Waals surface area contributed by atoms with E-state index < -0.39 is 17.3 Å². The van der Waals surface area contributed by atoms with Gasteiger partial charge in [0.2, 0.25) is 0 Å². The molecule has 0 radical (unpaired) electrons. The third-order valence-corrected chi connectivity index (χ3v) is 3.58. The Morgan fingerprint density at radius 3 is 2.16 bits per heavy atom. The molecule has 2 amide bonds. The van der Waals surface area contributed by atoms with Crippen molar-refractivity contribution in [2.24, 2.45) is 5.73 Å². The number of rotatable bonds is 6. The number of primary amides is 1. The van der Waals surface area contributed by atoms with Gasteiger partial charge in [0.1, 0.15) is 5.75 Å². The summed E-state index contributed by atoms with van der Waals surface area (Å²) in [4.78, 5) is 22.7. The normalized spacial score (nSPS) is 11.0.